The maximum atomic E-state index is 14.8. The van der Waals surface area contributed by atoms with Crippen LogP contribution in [0.4, 0.5) is 0 Å². The highest BCUT2D eigenvalue weighted by molar-refractivity contribution is 5.99. The lowest BCUT2D eigenvalue weighted by molar-refractivity contribution is -0.142. The first-order valence-corrected chi connectivity index (χ1v) is 33.4. The van der Waals surface area contributed by atoms with Crippen LogP contribution in [0.2, 0.25) is 0 Å². The molecule has 0 aromatic heterocycles. The van der Waals surface area contributed by atoms with Crippen molar-refractivity contribution in [1.29, 1.82) is 0 Å². The fourth-order valence-electron chi connectivity index (χ4n) is 11.0. The first-order chi connectivity index (χ1) is 46.4. The molecule has 11 amide bonds. The Morgan fingerprint density at radius 1 is 0.571 bits per heavy atom. The normalized spacial score (nSPS) is 15.0. The molecular weight excluding hydrogens is 1270 g/mol. The fraction of sp³-hybridized carbons (Fsp3) is 0.600. The van der Waals surface area contributed by atoms with Crippen molar-refractivity contribution >= 4 is 82.9 Å². The Hall–Kier alpha value is -9.82. The number of phenolic OH excluding ortho intramolecular Hbond substituents is 1. The average molecular weight is 1370 g/mol. The number of amides is 11. The van der Waals surface area contributed by atoms with Crippen molar-refractivity contribution in [1.82, 2.24) is 52.8 Å². The van der Waals surface area contributed by atoms with E-state index in [1.807, 2.05) is 13.8 Å². The van der Waals surface area contributed by atoms with Gasteiger partial charge in [-0.15, -0.1) is 0 Å². The number of primary amides is 1. The second-order valence-corrected chi connectivity index (χ2v) is 25.0. The smallest absolute Gasteiger partial charge is 0.245 e. The van der Waals surface area contributed by atoms with Gasteiger partial charge in [-0.3, -0.25) is 67.7 Å². The van der Waals surface area contributed by atoms with Crippen LogP contribution < -0.4 is 93.7 Å². The van der Waals surface area contributed by atoms with Crippen LogP contribution in [0, 0.1) is 25.7 Å². The standard InChI is InChI=1S/C65H107N21O12/c1-7-38(4)54(61(97)83-47(22-15-29-76-65(72)73)62(98)86-30-16-23-50(86)60(96)80-44(55(67)91)19-11-12-26-66)85-57(93)46(21-14-28-75-64(70)71)81-56(92)45(20-13-27-74-63(68)69)82-58(94)48(31-37(2)3)84-59(95)49(34-41-17-9-8-10-18-41)79-53(90)36-78-52(89)35-77-51(88)25-24-43-39(5)32-42(87)33-40(43)6/h8-10,17-18,32-33,37-38,44-50,54,87H,7,11-16,19-31,34-36,66H2,1-6H3,(H2,67,91)(H,77,88)(H,78,89)(H,79,90)(H,80,96)(H,81,92)(H,82,94)(H,83,97)(H,84,95)(H,85,93)(H4,68,69,74)(H4,70,71,75)(H4,72,73,76)/t38-,44-,45-,46-,47-,48-,49-,50-,54-/m0/s1. The van der Waals surface area contributed by atoms with Gasteiger partial charge in [-0.25, -0.2) is 0 Å². The molecule has 0 aliphatic carbocycles. The van der Waals surface area contributed by atoms with E-state index in [1.54, 1.807) is 70.2 Å². The van der Waals surface area contributed by atoms with Gasteiger partial charge in [0.1, 0.15) is 54.1 Å². The SMILES string of the molecule is CC[C@H](C)[C@H](NC(=O)[C@H](CCCN=C(N)N)NC(=O)[C@H](CCCN=C(N)N)NC(=O)[C@H](CC(C)C)NC(=O)[C@H](Cc1ccccc1)NC(=O)CNC(=O)CNC(=O)CCc1c(C)cc(O)cc1C)C(=O)N[C@@H](CCCN=C(N)N)C(=O)N1CCC[C@H]1C(=O)N[C@@H](CCCCN)C(N)=O. The number of carbonyl (C=O) groups excluding carboxylic acids is 11. The Kier molecular flexibility index (Phi) is 36.5. The third-order valence-electron chi connectivity index (χ3n) is 16.4. The predicted molar refractivity (Wildman–Crippen MR) is 371 cm³/mol. The minimum atomic E-state index is -1.43. The van der Waals surface area contributed by atoms with Crippen LogP contribution in [-0.4, -0.2) is 187 Å². The number of carbonyl (C=O) groups is 11. The Morgan fingerprint density at radius 3 is 1.59 bits per heavy atom. The molecule has 3 rings (SSSR count). The number of rotatable bonds is 44. The summed E-state index contributed by atoms with van der Waals surface area (Å²) in [5, 5.41) is 34.0. The Balaban J connectivity index is 1.92. The van der Waals surface area contributed by atoms with Gasteiger partial charge in [-0.2, -0.15) is 0 Å². The van der Waals surface area contributed by atoms with Crippen molar-refractivity contribution in [3.8, 4) is 5.75 Å². The zero-order valence-electron chi connectivity index (χ0n) is 57.4. The molecule has 98 heavy (non-hydrogen) atoms. The number of likely N-dealkylation sites (tertiary alicyclic amines) is 1. The number of aromatic hydroxyl groups is 1. The lowest BCUT2D eigenvalue weighted by Crippen LogP contribution is -2.61. The van der Waals surface area contributed by atoms with Crippen LogP contribution in [0.25, 0.3) is 0 Å². The van der Waals surface area contributed by atoms with E-state index in [0.29, 0.717) is 44.2 Å². The van der Waals surface area contributed by atoms with E-state index in [0.717, 1.165) is 16.7 Å². The number of nitrogens with two attached hydrogens (primary N) is 8. The van der Waals surface area contributed by atoms with E-state index < -0.39 is 132 Å². The van der Waals surface area contributed by atoms with Crippen LogP contribution in [-0.2, 0) is 65.6 Å². The molecule has 0 unspecified atom stereocenters. The summed E-state index contributed by atoms with van der Waals surface area (Å²) in [5.41, 5.74) is 48.1. The number of phenols is 1. The van der Waals surface area contributed by atoms with Gasteiger partial charge in [0.25, 0.3) is 0 Å². The molecule has 1 fully saturated rings. The summed E-state index contributed by atoms with van der Waals surface area (Å²) in [6.07, 6.45) is 2.88. The van der Waals surface area contributed by atoms with Crippen LogP contribution in [0.1, 0.15) is 140 Å². The highest BCUT2D eigenvalue weighted by Crippen LogP contribution is 2.23. The van der Waals surface area contributed by atoms with Crippen LogP contribution in [0.15, 0.2) is 57.4 Å². The van der Waals surface area contributed by atoms with Crippen molar-refractivity contribution in [2.75, 3.05) is 45.8 Å². The van der Waals surface area contributed by atoms with Crippen molar-refractivity contribution in [3.63, 3.8) is 0 Å². The van der Waals surface area contributed by atoms with Gasteiger partial charge in [0.05, 0.1) is 13.1 Å². The second kappa shape index (κ2) is 43.4. The number of nitrogens with one attached hydrogen (secondary N) is 9. The summed E-state index contributed by atoms with van der Waals surface area (Å²) >= 11 is 0. The van der Waals surface area contributed by atoms with E-state index in [2.05, 4.69) is 62.8 Å². The number of unbranched alkanes of at least 4 members (excludes halogenated alkanes) is 1. The predicted octanol–water partition coefficient (Wildman–Crippen LogP) is -3.33. The van der Waals surface area contributed by atoms with Crippen molar-refractivity contribution in [2.45, 2.75) is 193 Å². The van der Waals surface area contributed by atoms with E-state index in [-0.39, 0.29) is 126 Å². The molecular formula is C65H107N21O12. The third-order valence-corrected chi connectivity index (χ3v) is 16.4. The van der Waals surface area contributed by atoms with Crippen molar-refractivity contribution in [3.05, 3.63) is 64.7 Å². The van der Waals surface area contributed by atoms with Gasteiger partial charge in [0.2, 0.25) is 65.0 Å². The summed E-state index contributed by atoms with van der Waals surface area (Å²) in [6.45, 7) is 10.3. The number of hydrogen-bond acceptors (Lipinski definition) is 16. The molecule has 2 aromatic rings. The van der Waals surface area contributed by atoms with Gasteiger partial charge in [0.15, 0.2) is 17.9 Å². The van der Waals surface area contributed by atoms with E-state index in [4.69, 9.17) is 45.9 Å². The van der Waals surface area contributed by atoms with Crippen molar-refractivity contribution < 1.29 is 57.8 Å². The number of hydrogen-bond donors (Lipinski definition) is 18. The molecule has 0 bridgehead atoms. The van der Waals surface area contributed by atoms with Crippen LogP contribution in [0.5, 0.6) is 5.75 Å². The van der Waals surface area contributed by atoms with Crippen LogP contribution >= 0.6 is 0 Å². The Labute approximate surface area is 573 Å². The first-order valence-electron chi connectivity index (χ1n) is 33.4. The zero-order chi connectivity index (χ0) is 73.0. The Bertz CT molecular complexity index is 3060. The fourth-order valence-corrected chi connectivity index (χ4v) is 11.0. The van der Waals surface area contributed by atoms with Crippen LogP contribution in [0.3, 0.4) is 0 Å². The highest BCUT2D eigenvalue weighted by Gasteiger charge is 2.41. The minimum Gasteiger partial charge on any atom is -0.508 e. The summed E-state index contributed by atoms with van der Waals surface area (Å²) in [4.78, 5) is 166. The highest BCUT2D eigenvalue weighted by atomic mass is 16.3. The maximum absolute atomic E-state index is 14.8. The molecule has 1 heterocycles. The molecule has 33 heteroatoms. The third kappa shape index (κ3) is 30.5. The van der Waals surface area contributed by atoms with E-state index >= 15 is 0 Å². The molecule has 1 aliphatic heterocycles. The van der Waals surface area contributed by atoms with E-state index in [9.17, 15) is 57.8 Å². The molecule has 0 spiro atoms. The maximum Gasteiger partial charge on any atom is 0.245 e. The molecule has 1 saturated heterocycles. The lowest BCUT2D eigenvalue weighted by Gasteiger charge is -2.32. The monoisotopic (exact) mass is 1370 g/mol. The van der Waals surface area contributed by atoms with Gasteiger partial charge >= 0.3 is 0 Å². The summed E-state index contributed by atoms with van der Waals surface area (Å²) in [6, 6.07) is 1.72. The zero-order valence-corrected chi connectivity index (χ0v) is 57.4. The van der Waals surface area contributed by atoms with Gasteiger partial charge in [0, 0.05) is 39.0 Å². The summed E-state index contributed by atoms with van der Waals surface area (Å²) in [7, 11) is 0. The number of nitrogens with zero attached hydrogens (tertiary/aromatic N) is 4. The Morgan fingerprint density at radius 2 is 1.06 bits per heavy atom. The van der Waals surface area contributed by atoms with Gasteiger partial charge in [-0.1, -0.05) is 64.4 Å². The van der Waals surface area contributed by atoms with Gasteiger partial charge < -0.3 is 104 Å². The van der Waals surface area contributed by atoms with E-state index in [1.165, 1.54) is 4.90 Å². The quantitative estimate of drug-likeness (QED) is 0.0175. The topological polar surface area (TPSA) is 565 Å². The molecule has 2 aromatic carbocycles. The lowest BCUT2D eigenvalue weighted by atomic mass is 9.96. The molecule has 33 nitrogen and oxygen atoms in total. The largest absolute Gasteiger partial charge is 0.508 e. The number of guanidine groups is 3. The summed E-state index contributed by atoms with van der Waals surface area (Å²) in [5.74, 6) is -9.38. The molecule has 9 atom stereocenters. The molecule has 0 saturated carbocycles. The number of aliphatic imine (C=N–C) groups is 3. The minimum absolute atomic E-state index is 0.00727. The molecule has 0 radical (unpaired) electrons. The average Bonchev–Trinajstić information content (AvgIpc) is 1.55. The second-order valence-electron chi connectivity index (χ2n) is 25.0. The molecule has 26 N–H and O–H groups in total. The van der Waals surface area contributed by atoms with Gasteiger partial charge in [-0.05, 0) is 150 Å². The molecule has 544 valence electrons. The first kappa shape index (κ1) is 82.4. The summed E-state index contributed by atoms with van der Waals surface area (Å²) < 4.78 is 0. The number of aryl methyl sites for hydroxylation is 2. The molecule has 1 aliphatic rings. The van der Waals surface area contributed by atoms with Crippen molar-refractivity contribution in [2.24, 2.45) is 72.7 Å². The number of benzene rings is 2.